The number of anilines is 1. The average Bonchev–Trinajstić information content (AvgIpc) is 2.69. The van der Waals surface area contributed by atoms with Gasteiger partial charge in [0.15, 0.2) is 0 Å². The molecule has 0 fully saturated rings. The topological polar surface area (TPSA) is 84.0 Å². The number of ketones is 1. The van der Waals surface area contributed by atoms with Crippen LogP contribution in [0.4, 0.5) is 5.69 Å². The lowest BCUT2D eigenvalue weighted by atomic mass is 10.0. The fraction of sp³-hybridized carbons (Fsp3) is 0.200. The van der Waals surface area contributed by atoms with E-state index in [2.05, 4.69) is 4.74 Å². The molecule has 8 heteroatoms. The molecule has 3 rings (SSSR count). The number of benzene rings is 2. The number of carbonyl (C=O) groups is 2. The monoisotopic (exact) mass is 400 g/mol. The van der Waals surface area contributed by atoms with Crippen LogP contribution in [-0.4, -0.2) is 52.2 Å². The summed E-state index contributed by atoms with van der Waals surface area (Å²) in [5.41, 5.74) is 1.58. The Balaban J connectivity index is 2.15. The summed E-state index contributed by atoms with van der Waals surface area (Å²) in [6.45, 7) is -0.583. The summed E-state index contributed by atoms with van der Waals surface area (Å²) in [7, 11) is 0.893. The Kier molecular flexibility index (Phi) is 5.24. The molecule has 0 radical (unpaired) electrons. The molecular formula is C20H20N2O5S. The van der Waals surface area contributed by atoms with Crippen LogP contribution in [-0.2, 0) is 19.6 Å². The van der Waals surface area contributed by atoms with Gasteiger partial charge in [-0.3, -0.25) is 13.9 Å². The van der Waals surface area contributed by atoms with Gasteiger partial charge in [-0.05, 0) is 35.9 Å². The molecule has 7 nitrogen and oxygen atoms in total. The van der Waals surface area contributed by atoms with E-state index in [0.29, 0.717) is 5.56 Å². The van der Waals surface area contributed by atoms with E-state index in [4.69, 9.17) is 0 Å². The third kappa shape index (κ3) is 3.50. The van der Waals surface area contributed by atoms with Crippen molar-refractivity contribution in [3.05, 3.63) is 65.4 Å². The number of rotatable bonds is 4. The molecule has 0 saturated heterocycles. The number of allylic oxidation sites excluding steroid dienone is 1. The summed E-state index contributed by atoms with van der Waals surface area (Å²) in [6, 6.07) is 13.2. The molecule has 146 valence electrons. The molecule has 0 saturated carbocycles. The standard InChI is InChI=1S/C20H20N2O5S/c1-21(2)15-10-8-14(9-11-15)12-17-20(24)16-6-4-5-7-18(16)28(25,26)22(17)13-19(23)27-3/h4-12H,13H2,1-3H3/b17-12+. The van der Waals surface area contributed by atoms with E-state index in [0.717, 1.165) is 17.1 Å². The highest BCUT2D eigenvalue weighted by Gasteiger charge is 2.40. The van der Waals surface area contributed by atoms with Crippen molar-refractivity contribution in [1.82, 2.24) is 4.31 Å². The van der Waals surface area contributed by atoms with Gasteiger partial charge in [-0.1, -0.05) is 24.3 Å². The van der Waals surface area contributed by atoms with Crippen molar-refractivity contribution in [2.45, 2.75) is 4.90 Å². The number of hydrogen-bond acceptors (Lipinski definition) is 6. The van der Waals surface area contributed by atoms with Gasteiger partial charge in [0.05, 0.1) is 12.0 Å². The number of esters is 1. The maximum Gasteiger partial charge on any atom is 0.326 e. The van der Waals surface area contributed by atoms with Crippen molar-refractivity contribution in [2.24, 2.45) is 0 Å². The summed E-state index contributed by atoms with van der Waals surface area (Å²) >= 11 is 0. The minimum absolute atomic E-state index is 0.0831. The van der Waals surface area contributed by atoms with Crippen LogP contribution in [0, 0.1) is 0 Å². The molecule has 1 aliphatic rings. The van der Waals surface area contributed by atoms with Gasteiger partial charge in [-0.2, -0.15) is 0 Å². The molecule has 0 spiro atoms. The van der Waals surface area contributed by atoms with Crippen LogP contribution in [0.1, 0.15) is 15.9 Å². The van der Waals surface area contributed by atoms with Gasteiger partial charge in [-0.15, -0.1) is 0 Å². The smallest absolute Gasteiger partial charge is 0.326 e. The molecular weight excluding hydrogens is 380 g/mol. The van der Waals surface area contributed by atoms with Crippen molar-refractivity contribution in [1.29, 1.82) is 0 Å². The predicted molar refractivity (Wildman–Crippen MR) is 105 cm³/mol. The van der Waals surface area contributed by atoms with Crippen LogP contribution < -0.4 is 4.90 Å². The fourth-order valence-electron chi connectivity index (χ4n) is 2.89. The number of hydrogen-bond donors (Lipinski definition) is 0. The molecule has 0 aromatic heterocycles. The van der Waals surface area contributed by atoms with E-state index in [1.165, 1.54) is 24.3 Å². The van der Waals surface area contributed by atoms with Gasteiger partial charge < -0.3 is 9.64 Å². The predicted octanol–water partition coefficient (Wildman–Crippen LogP) is 2.15. The molecule has 1 aliphatic heterocycles. The average molecular weight is 400 g/mol. The number of ether oxygens (including phenoxy) is 1. The van der Waals surface area contributed by atoms with Gasteiger partial charge in [0.1, 0.15) is 12.2 Å². The summed E-state index contributed by atoms with van der Waals surface area (Å²) in [6.07, 6.45) is 1.47. The van der Waals surface area contributed by atoms with Crippen LogP contribution in [0.2, 0.25) is 0 Å². The van der Waals surface area contributed by atoms with Crippen molar-refractivity contribution in [3.63, 3.8) is 0 Å². The maximum absolute atomic E-state index is 13.1. The van der Waals surface area contributed by atoms with E-state index in [1.807, 2.05) is 31.1 Å². The number of nitrogens with zero attached hydrogens (tertiary/aromatic N) is 2. The lowest BCUT2D eigenvalue weighted by molar-refractivity contribution is -0.140. The summed E-state index contributed by atoms with van der Waals surface area (Å²) < 4.78 is 31.6. The second-order valence-electron chi connectivity index (χ2n) is 6.43. The fourth-order valence-corrected chi connectivity index (χ4v) is 4.49. The normalized spacial score (nSPS) is 16.6. The number of Topliss-reactive ketones (excluding diaryl/α,β-unsaturated/α-hetero) is 1. The lowest BCUT2D eigenvalue weighted by Gasteiger charge is -2.30. The van der Waals surface area contributed by atoms with Gasteiger partial charge in [0, 0.05) is 25.3 Å². The zero-order valence-electron chi connectivity index (χ0n) is 15.7. The molecule has 2 aromatic rings. The van der Waals surface area contributed by atoms with Gasteiger partial charge in [0.2, 0.25) is 5.78 Å². The van der Waals surface area contributed by atoms with Crippen LogP contribution in [0.15, 0.2) is 59.1 Å². The largest absolute Gasteiger partial charge is 0.468 e. The highest BCUT2D eigenvalue weighted by atomic mass is 32.2. The Morgan fingerprint density at radius 1 is 1.11 bits per heavy atom. The first-order valence-corrected chi connectivity index (χ1v) is 9.92. The van der Waals surface area contributed by atoms with E-state index in [1.54, 1.807) is 18.2 Å². The Bertz CT molecular complexity index is 1060. The minimum atomic E-state index is -4.08. The molecule has 28 heavy (non-hydrogen) atoms. The van der Waals surface area contributed by atoms with Crippen LogP contribution in [0.3, 0.4) is 0 Å². The first kappa shape index (κ1) is 19.6. The molecule has 0 N–H and O–H groups in total. The highest BCUT2D eigenvalue weighted by molar-refractivity contribution is 7.89. The molecule has 2 aromatic carbocycles. The number of sulfonamides is 1. The first-order valence-electron chi connectivity index (χ1n) is 8.48. The van der Waals surface area contributed by atoms with Crippen LogP contribution in [0.25, 0.3) is 6.08 Å². The zero-order chi connectivity index (χ0) is 20.5. The van der Waals surface area contributed by atoms with Crippen LogP contribution in [0.5, 0.6) is 0 Å². The molecule has 0 amide bonds. The third-order valence-corrected chi connectivity index (χ3v) is 6.23. The molecule has 0 bridgehead atoms. The quantitative estimate of drug-likeness (QED) is 0.578. The SMILES string of the molecule is COC(=O)CN1/C(=C/c2ccc(N(C)C)cc2)C(=O)c2ccccc2S1(=O)=O. The second kappa shape index (κ2) is 7.47. The summed E-state index contributed by atoms with van der Waals surface area (Å²) in [4.78, 5) is 26.7. The van der Waals surface area contributed by atoms with Gasteiger partial charge in [-0.25, -0.2) is 8.42 Å². The van der Waals surface area contributed by atoms with E-state index < -0.39 is 28.3 Å². The highest BCUT2D eigenvalue weighted by Crippen LogP contribution is 2.33. The number of methoxy groups -OCH3 is 1. The Morgan fingerprint density at radius 2 is 1.75 bits per heavy atom. The minimum Gasteiger partial charge on any atom is -0.468 e. The first-order chi connectivity index (χ1) is 13.3. The van der Waals surface area contributed by atoms with E-state index in [-0.39, 0.29) is 16.2 Å². The molecule has 0 atom stereocenters. The summed E-state index contributed by atoms with van der Waals surface area (Å²) in [5, 5.41) is 0. The molecule has 0 unspecified atom stereocenters. The Morgan fingerprint density at radius 3 is 2.36 bits per heavy atom. The van der Waals surface area contributed by atoms with Crippen molar-refractivity contribution < 1.29 is 22.7 Å². The maximum atomic E-state index is 13.1. The second-order valence-corrected chi connectivity index (χ2v) is 8.26. The third-order valence-electron chi connectivity index (χ3n) is 4.41. The molecule has 1 heterocycles. The van der Waals surface area contributed by atoms with E-state index >= 15 is 0 Å². The zero-order valence-corrected chi connectivity index (χ0v) is 16.6. The van der Waals surface area contributed by atoms with Crippen LogP contribution >= 0.6 is 0 Å². The van der Waals surface area contributed by atoms with Crippen molar-refractivity contribution >= 4 is 33.5 Å². The number of carbonyl (C=O) groups excluding carboxylic acids is 2. The van der Waals surface area contributed by atoms with Gasteiger partial charge >= 0.3 is 5.97 Å². The number of fused-ring (bicyclic) bond motifs is 1. The Labute approximate surface area is 163 Å². The van der Waals surface area contributed by atoms with Gasteiger partial charge in [0.25, 0.3) is 10.0 Å². The lowest BCUT2D eigenvalue weighted by Crippen LogP contribution is -2.42. The molecule has 0 aliphatic carbocycles. The summed E-state index contributed by atoms with van der Waals surface area (Å²) in [5.74, 6) is -1.23. The van der Waals surface area contributed by atoms with Crippen molar-refractivity contribution in [2.75, 3.05) is 32.6 Å². The van der Waals surface area contributed by atoms with E-state index in [9.17, 15) is 18.0 Å². The Hall–Kier alpha value is -3.13. The van der Waals surface area contributed by atoms with Crippen molar-refractivity contribution in [3.8, 4) is 0 Å².